The number of carbonyl (C=O) groups excluding carboxylic acids is 1. The summed E-state index contributed by atoms with van der Waals surface area (Å²) < 4.78 is 38.7. The minimum Gasteiger partial charge on any atom is -0.481 e. The van der Waals surface area contributed by atoms with E-state index in [1.807, 2.05) is 6.92 Å². The van der Waals surface area contributed by atoms with Crippen molar-refractivity contribution in [3.8, 4) is 0 Å². The average Bonchev–Trinajstić information content (AvgIpc) is 2.93. The maximum Gasteiger partial charge on any atom is 0.394 e. The van der Waals surface area contributed by atoms with Gasteiger partial charge in [0.2, 0.25) is 0 Å². The molecule has 1 aromatic carbocycles. The van der Waals surface area contributed by atoms with Gasteiger partial charge in [-0.25, -0.2) is 4.79 Å². The lowest BCUT2D eigenvalue weighted by Crippen LogP contribution is -2.35. The number of carboxylic acid groups (broad SMARTS) is 1. The molecule has 1 saturated heterocycles. The lowest BCUT2D eigenvalue weighted by atomic mass is 9.96. The summed E-state index contributed by atoms with van der Waals surface area (Å²) in [5.74, 6) is -5.23. The van der Waals surface area contributed by atoms with E-state index in [-0.39, 0.29) is 0 Å². The van der Waals surface area contributed by atoms with Gasteiger partial charge in [0.15, 0.2) is 0 Å². The summed E-state index contributed by atoms with van der Waals surface area (Å²) in [5.41, 5.74) is 1.52. The first kappa shape index (κ1) is 17.1. The van der Waals surface area contributed by atoms with Crippen molar-refractivity contribution in [1.29, 1.82) is 0 Å². The van der Waals surface area contributed by atoms with Crippen LogP contribution in [0.25, 0.3) is 0 Å². The van der Waals surface area contributed by atoms with Gasteiger partial charge in [-0.2, -0.15) is 13.2 Å². The Bertz CT molecular complexity index is 587. The molecule has 8 heteroatoms. The van der Waals surface area contributed by atoms with Crippen LogP contribution in [-0.2, 0) is 11.2 Å². The lowest BCUT2D eigenvalue weighted by Gasteiger charge is -2.18. The molecule has 2 rings (SSSR count). The molecule has 1 fully saturated rings. The summed E-state index contributed by atoms with van der Waals surface area (Å²) in [6.07, 6.45) is -3.82. The quantitative estimate of drug-likeness (QED) is 0.895. The minimum atomic E-state index is -4.65. The maximum atomic E-state index is 12.9. The van der Waals surface area contributed by atoms with Crippen molar-refractivity contribution in [2.45, 2.75) is 19.5 Å². The van der Waals surface area contributed by atoms with Crippen molar-refractivity contribution in [2.24, 2.45) is 11.8 Å². The molecule has 0 bridgehead atoms. The number of anilines is 1. The van der Waals surface area contributed by atoms with Crippen LogP contribution in [-0.4, -0.2) is 41.3 Å². The van der Waals surface area contributed by atoms with E-state index in [0.717, 1.165) is 16.9 Å². The van der Waals surface area contributed by atoms with Gasteiger partial charge in [-0.05, 0) is 24.1 Å². The van der Waals surface area contributed by atoms with Crippen LogP contribution in [0.4, 0.5) is 23.7 Å². The molecule has 2 atom stereocenters. The second kappa shape index (κ2) is 6.47. The number of likely N-dealkylation sites (tertiary alicyclic amines) is 1. The maximum absolute atomic E-state index is 12.9. The Balaban J connectivity index is 2.06. The summed E-state index contributed by atoms with van der Waals surface area (Å²) in [4.78, 5) is 24.0. The first-order valence-electron chi connectivity index (χ1n) is 7.16. The number of carboxylic acids is 1. The first-order chi connectivity index (χ1) is 10.7. The molecule has 0 radical (unpaired) electrons. The fourth-order valence-corrected chi connectivity index (χ4v) is 2.58. The second-order valence-electron chi connectivity index (χ2n) is 5.48. The Morgan fingerprint density at radius 1 is 1.26 bits per heavy atom. The van der Waals surface area contributed by atoms with Gasteiger partial charge >= 0.3 is 18.2 Å². The zero-order valence-corrected chi connectivity index (χ0v) is 12.4. The average molecular weight is 330 g/mol. The van der Waals surface area contributed by atoms with Gasteiger partial charge in [-0.15, -0.1) is 0 Å². The number of nitrogens with one attached hydrogen (secondary N) is 1. The zero-order valence-electron chi connectivity index (χ0n) is 12.4. The Morgan fingerprint density at radius 3 is 2.30 bits per heavy atom. The van der Waals surface area contributed by atoms with Crippen LogP contribution in [0.1, 0.15) is 12.5 Å². The number of benzene rings is 1. The predicted molar refractivity (Wildman–Crippen MR) is 77.1 cm³/mol. The molecule has 0 aromatic heterocycles. The number of urea groups is 1. The van der Waals surface area contributed by atoms with E-state index in [0.29, 0.717) is 5.69 Å². The number of carbonyl (C=O) groups is 2. The third kappa shape index (κ3) is 3.94. The third-order valence-electron chi connectivity index (χ3n) is 3.96. The molecule has 0 unspecified atom stereocenters. The topological polar surface area (TPSA) is 69.6 Å². The highest BCUT2D eigenvalue weighted by Crippen LogP contribution is 2.37. The highest BCUT2D eigenvalue weighted by Gasteiger charge is 2.53. The Morgan fingerprint density at radius 2 is 1.87 bits per heavy atom. The van der Waals surface area contributed by atoms with E-state index in [2.05, 4.69) is 5.32 Å². The number of halogens is 3. The van der Waals surface area contributed by atoms with Crippen molar-refractivity contribution >= 4 is 17.7 Å². The molecular formula is C15H17F3N2O3. The van der Waals surface area contributed by atoms with Crippen LogP contribution >= 0.6 is 0 Å². The molecule has 1 aliphatic rings. The SMILES string of the molecule is CCc1ccc(NC(=O)N2C[C@@H](C(F)(F)F)[C@H](C(=O)O)C2)cc1. The summed E-state index contributed by atoms with van der Waals surface area (Å²) in [5, 5.41) is 11.4. The Hall–Kier alpha value is -2.25. The lowest BCUT2D eigenvalue weighted by molar-refractivity contribution is -0.187. The van der Waals surface area contributed by atoms with Gasteiger partial charge in [0.05, 0.1) is 11.8 Å². The second-order valence-corrected chi connectivity index (χ2v) is 5.48. The summed E-state index contributed by atoms with van der Waals surface area (Å²) >= 11 is 0. The normalized spacial score (nSPS) is 21.3. The molecule has 23 heavy (non-hydrogen) atoms. The number of aryl methyl sites for hydroxylation is 1. The largest absolute Gasteiger partial charge is 0.481 e. The van der Waals surface area contributed by atoms with E-state index < -0.39 is 43.1 Å². The predicted octanol–water partition coefficient (Wildman–Crippen LogP) is 2.98. The molecule has 1 aliphatic heterocycles. The summed E-state index contributed by atoms with van der Waals surface area (Å²) in [6.45, 7) is 0.860. The molecule has 2 amide bonds. The van der Waals surface area contributed by atoms with Gasteiger partial charge in [0.25, 0.3) is 0 Å². The number of rotatable bonds is 3. The van der Waals surface area contributed by atoms with Gasteiger partial charge < -0.3 is 15.3 Å². The minimum absolute atomic E-state index is 0.453. The van der Waals surface area contributed by atoms with Gasteiger partial charge in [0, 0.05) is 18.8 Å². The molecular weight excluding hydrogens is 313 g/mol. The number of aliphatic carboxylic acids is 1. The number of alkyl halides is 3. The van der Waals surface area contributed by atoms with E-state index >= 15 is 0 Å². The van der Waals surface area contributed by atoms with Crippen LogP contribution in [0.5, 0.6) is 0 Å². The molecule has 1 heterocycles. The zero-order chi connectivity index (χ0) is 17.2. The van der Waals surface area contributed by atoms with E-state index in [1.165, 1.54) is 0 Å². The van der Waals surface area contributed by atoms with Crippen molar-refractivity contribution in [3.05, 3.63) is 29.8 Å². The van der Waals surface area contributed by atoms with E-state index in [9.17, 15) is 22.8 Å². The Kier molecular flexibility index (Phi) is 4.82. The molecule has 2 N–H and O–H groups in total. The van der Waals surface area contributed by atoms with Crippen molar-refractivity contribution in [2.75, 3.05) is 18.4 Å². The van der Waals surface area contributed by atoms with Gasteiger partial charge in [-0.3, -0.25) is 4.79 Å². The van der Waals surface area contributed by atoms with Crippen LogP contribution in [0.15, 0.2) is 24.3 Å². The van der Waals surface area contributed by atoms with Crippen molar-refractivity contribution in [3.63, 3.8) is 0 Å². The summed E-state index contributed by atoms with van der Waals surface area (Å²) in [6, 6.07) is 6.19. The van der Waals surface area contributed by atoms with Crippen LogP contribution < -0.4 is 5.32 Å². The Labute approximate surface area is 131 Å². The number of nitrogens with zero attached hydrogens (tertiary/aromatic N) is 1. The van der Waals surface area contributed by atoms with Crippen LogP contribution in [0, 0.1) is 11.8 Å². The molecule has 1 aromatic rings. The van der Waals surface area contributed by atoms with Crippen LogP contribution in [0.3, 0.4) is 0 Å². The number of hydrogen-bond acceptors (Lipinski definition) is 2. The van der Waals surface area contributed by atoms with E-state index in [1.54, 1.807) is 24.3 Å². The molecule has 0 aliphatic carbocycles. The fourth-order valence-electron chi connectivity index (χ4n) is 2.58. The van der Waals surface area contributed by atoms with Crippen molar-refractivity contribution in [1.82, 2.24) is 4.90 Å². The first-order valence-corrected chi connectivity index (χ1v) is 7.16. The number of amides is 2. The van der Waals surface area contributed by atoms with Crippen molar-refractivity contribution < 1.29 is 27.9 Å². The molecule has 126 valence electrons. The monoisotopic (exact) mass is 330 g/mol. The fraction of sp³-hybridized carbons (Fsp3) is 0.467. The molecule has 0 saturated carbocycles. The highest BCUT2D eigenvalue weighted by molar-refractivity contribution is 5.90. The smallest absolute Gasteiger partial charge is 0.394 e. The molecule has 5 nitrogen and oxygen atoms in total. The number of hydrogen-bond donors (Lipinski definition) is 2. The highest BCUT2D eigenvalue weighted by atomic mass is 19.4. The van der Waals surface area contributed by atoms with E-state index in [4.69, 9.17) is 5.11 Å². The van der Waals surface area contributed by atoms with Gasteiger partial charge in [0.1, 0.15) is 0 Å². The van der Waals surface area contributed by atoms with Gasteiger partial charge in [-0.1, -0.05) is 19.1 Å². The third-order valence-corrected chi connectivity index (χ3v) is 3.96. The standard InChI is InChI=1S/C15H17F3N2O3/c1-2-9-3-5-10(6-4-9)19-14(23)20-7-11(13(21)22)12(8-20)15(16,17)18/h3-6,11-12H,2,7-8H2,1H3,(H,19,23)(H,21,22)/t11-,12-/m1/s1. The summed E-state index contributed by atoms with van der Waals surface area (Å²) in [7, 11) is 0. The molecule has 0 spiro atoms. The van der Waals surface area contributed by atoms with Crippen LogP contribution in [0.2, 0.25) is 0 Å².